The maximum absolute atomic E-state index is 12.7. The summed E-state index contributed by atoms with van der Waals surface area (Å²) in [5.74, 6) is 1.21. The van der Waals surface area contributed by atoms with Crippen molar-refractivity contribution in [1.82, 2.24) is 15.2 Å². The number of carbonyl (C=O) groups is 1. The molecule has 1 N–H and O–H groups in total. The van der Waals surface area contributed by atoms with Gasteiger partial charge in [0.1, 0.15) is 0 Å². The van der Waals surface area contributed by atoms with E-state index in [0.29, 0.717) is 27.4 Å². The minimum absolute atomic E-state index is 0.0127. The average Bonchev–Trinajstić information content (AvgIpc) is 3.57. The number of benzene rings is 2. The summed E-state index contributed by atoms with van der Waals surface area (Å²) in [5, 5.41) is 5.29. The largest absolute Gasteiger partial charge is 0.368 e. The Balaban J connectivity index is 1.09. The lowest BCUT2D eigenvalue weighted by Gasteiger charge is -2.36. The molecular weight excluding hydrogens is 443 g/mol. The molecule has 5 nitrogen and oxygen atoms in total. The number of pyridine rings is 1. The van der Waals surface area contributed by atoms with Crippen molar-refractivity contribution in [2.24, 2.45) is 11.8 Å². The van der Waals surface area contributed by atoms with Crippen LogP contribution in [0.2, 0.25) is 10.0 Å². The number of halogens is 2. The summed E-state index contributed by atoms with van der Waals surface area (Å²) in [6.45, 7) is 5.75. The molecule has 2 atom stereocenters. The van der Waals surface area contributed by atoms with Crippen LogP contribution >= 0.6 is 23.2 Å². The summed E-state index contributed by atoms with van der Waals surface area (Å²) < 4.78 is 0. The van der Waals surface area contributed by atoms with Crippen LogP contribution in [0.25, 0.3) is 10.9 Å². The van der Waals surface area contributed by atoms with Gasteiger partial charge in [-0.3, -0.25) is 14.7 Å². The molecule has 3 aromatic rings. The van der Waals surface area contributed by atoms with Gasteiger partial charge in [0.15, 0.2) is 0 Å². The first-order valence-electron chi connectivity index (χ1n) is 11.1. The van der Waals surface area contributed by atoms with Gasteiger partial charge in [0.2, 0.25) is 0 Å². The lowest BCUT2D eigenvalue weighted by Crippen LogP contribution is -2.47. The Morgan fingerprint density at radius 3 is 2.66 bits per heavy atom. The van der Waals surface area contributed by atoms with Crippen molar-refractivity contribution in [1.29, 1.82) is 0 Å². The Morgan fingerprint density at radius 2 is 1.81 bits per heavy atom. The molecule has 1 saturated heterocycles. The highest BCUT2D eigenvalue weighted by atomic mass is 35.5. The van der Waals surface area contributed by atoms with Crippen molar-refractivity contribution in [3.8, 4) is 0 Å². The fraction of sp³-hybridized carbons (Fsp3) is 0.360. The summed E-state index contributed by atoms with van der Waals surface area (Å²) in [5.41, 5.74) is 2.57. The number of rotatable bonds is 6. The predicted molar refractivity (Wildman–Crippen MR) is 131 cm³/mol. The zero-order valence-electron chi connectivity index (χ0n) is 17.8. The Hall–Kier alpha value is -2.34. The molecule has 2 aliphatic rings. The van der Waals surface area contributed by atoms with Crippen molar-refractivity contribution >= 4 is 45.7 Å². The van der Waals surface area contributed by atoms with E-state index in [1.807, 2.05) is 42.5 Å². The third kappa shape index (κ3) is 4.56. The van der Waals surface area contributed by atoms with Crippen molar-refractivity contribution in [3.63, 3.8) is 0 Å². The fourth-order valence-corrected chi connectivity index (χ4v) is 5.05. The second kappa shape index (κ2) is 9.26. The number of nitrogens with zero attached hydrogens (tertiary/aromatic N) is 3. The van der Waals surface area contributed by atoms with Crippen LogP contribution in [0.5, 0.6) is 0 Å². The number of carbonyl (C=O) groups excluding carboxylic acids is 1. The van der Waals surface area contributed by atoms with Gasteiger partial charge in [-0.1, -0.05) is 47.5 Å². The Morgan fingerprint density at radius 1 is 1.00 bits per heavy atom. The Bertz CT molecular complexity index is 1120. The molecule has 5 rings (SSSR count). The van der Waals surface area contributed by atoms with Crippen molar-refractivity contribution in [2.75, 3.05) is 44.2 Å². The maximum Gasteiger partial charge on any atom is 0.252 e. The first kappa shape index (κ1) is 21.5. The van der Waals surface area contributed by atoms with Gasteiger partial charge in [0.25, 0.3) is 5.91 Å². The molecule has 0 radical (unpaired) electrons. The molecule has 0 unspecified atom stereocenters. The lowest BCUT2D eigenvalue weighted by atomic mass is 10.1. The van der Waals surface area contributed by atoms with Gasteiger partial charge in [-0.2, -0.15) is 0 Å². The highest BCUT2D eigenvalue weighted by Gasteiger charge is 2.38. The number of hydrogen-bond acceptors (Lipinski definition) is 4. The molecule has 32 heavy (non-hydrogen) atoms. The molecule has 1 aliphatic heterocycles. The molecule has 1 aromatic heterocycles. The van der Waals surface area contributed by atoms with E-state index in [0.717, 1.165) is 55.9 Å². The summed E-state index contributed by atoms with van der Waals surface area (Å²) in [6, 6.07) is 15.4. The molecule has 2 aromatic carbocycles. The van der Waals surface area contributed by atoms with Gasteiger partial charge < -0.3 is 10.2 Å². The number of fused-ring (bicyclic) bond motifs is 1. The van der Waals surface area contributed by atoms with Crippen LogP contribution in [-0.4, -0.2) is 55.1 Å². The smallest absolute Gasteiger partial charge is 0.252 e. The standard InChI is InChI=1S/C25H26Cl2N4O/c26-21-5-3-7-23(24(21)27)31-12-10-30(11-13-31)16-18-14-17(18)15-29-25(32)20-8-9-28-22-6-2-1-4-19(20)22/h1-9,17-18H,10-16H2,(H,29,32)/t17-,18-/m0/s1. The summed E-state index contributed by atoms with van der Waals surface area (Å²) in [6.07, 6.45) is 2.88. The van der Waals surface area contributed by atoms with Crippen molar-refractivity contribution < 1.29 is 4.79 Å². The molecule has 166 valence electrons. The van der Waals surface area contributed by atoms with Gasteiger partial charge in [-0.15, -0.1) is 0 Å². The summed E-state index contributed by atoms with van der Waals surface area (Å²) in [4.78, 5) is 21.9. The number of hydrogen-bond donors (Lipinski definition) is 1. The number of aromatic nitrogens is 1. The Labute approximate surface area is 198 Å². The van der Waals surface area contributed by atoms with E-state index >= 15 is 0 Å². The molecule has 2 fully saturated rings. The minimum atomic E-state index is -0.0127. The third-order valence-corrected chi connectivity index (χ3v) is 7.43. The molecular formula is C25H26Cl2N4O. The van der Waals surface area contributed by atoms with Gasteiger partial charge >= 0.3 is 0 Å². The van der Waals surface area contributed by atoms with Crippen molar-refractivity contribution in [2.45, 2.75) is 6.42 Å². The molecule has 1 amide bonds. The zero-order valence-corrected chi connectivity index (χ0v) is 19.3. The number of para-hydroxylation sites is 1. The number of piperazine rings is 1. The highest BCUT2D eigenvalue weighted by Crippen LogP contribution is 2.39. The molecule has 1 aliphatic carbocycles. The Kier molecular flexibility index (Phi) is 6.22. The fourth-order valence-electron chi connectivity index (χ4n) is 4.64. The zero-order chi connectivity index (χ0) is 22.1. The number of anilines is 1. The molecule has 2 heterocycles. The second-order valence-corrected chi connectivity index (χ2v) is 9.49. The van der Waals surface area contributed by atoms with E-state index in [1.165, 1.54) is 6.42 Å². The lowest BCUT2D eigenvalue weighted by molar-refractivity contribution is 0.0952. The monoisotopic (exact) mass is 468 g/mol. The van der Waals surface area contributed by atoms with E-state index in [1.54, 1.807) is 12.3 Å². The van der Waals surface area contributed by atoms with Crippen LogP contribution in [0.4, 0.5) is 5.69 Å². The molecule has 1 saturated carbocycles. The van der Waals surface area contributed by atoms with Crippen LogP contribution in [0.15, 0.2) is 54.7 Å². The van der Waals surface area contributed by atoms with Crippen LogP contribution in [0, 0.1) is 11.8 Å². The maximum atomic E-state index is 12.7. The van der Waals surface area contributed by atoms with Crippen LogP contribution < -0.4 is 10.2 Å². The van der Waals surface area contributed by atoms with Gasteiger partial charge in [-0.05, 0) is 42.5 Å². The third-order valence-electron chi connectivity index (χ3n) is 6.62. The van der Waals surface area contributed by atoms with E-state index in [9.17, 15) is 4.79 Å². The predicted octanol–water partition coefficient (Wildman–Crippen LogP) is 4.73. The van der Waals surface area contributed by atoms with Crippen LogP contribution in [0.1, 0.15) is 16.8 Å². The first-order valence-corrected chi connectivity index (χ1v) is 11.9. The van der Waals surface area contributed by atoms with E-state index in [4.69, 9.17) is 23.2 Å². The minimum Gasteiger partial charge on any atom is -0.368 e. The topological polar surface area (TPSA) is 48.5 Å². The molecule has 7 heteroatoms. The average molecular weight is 469 g/mol. The van der Waals surface area contributed by atoms with E-state index < -0.39 is 0 Å². The second-order valence-electron chi connectivity index (χ2n) is 8.70. The number of nitrogens with one attached hydrogen (secondary N) is 1. The summed E-state index contributed by atoms with van der Waals surface area (Å²) in [7, 11) is 0. The first-order chi connectivity index (χ1) is 15.6. The highest BCUT2D eigenvalue weighted by molar-refractivity contribution is 6.43. The summed E-state index contributed by atoms with van der Waals surface area (Å²) >= 11 is 12.6. The molecule has 0 spiro atoms. The normalized spacial score (nSPS) is 21.0. The van der Waals surface area contributed by atoms with E-state index in [2.05, 4.69) is 20.1 Å². The number of amides is 1. The van der Waals surface area contributed by atoms with Gasteiger partial charge in [-0.25, -0.2) is 0 Å². The SMILES string of the molecule is O=C(NC[C@@H]1C[C@H]1CN1CCN(c2cccc(Cl)c2Cl)CC1)c1ccnc2ccccc12. The van der Waals surface area contributed by atoms with Crippen molar-refractivity contribution in [3.05, 3.63) is 70.3 Å². The van der Waals surface area contributed by atoms with E-state index in [-0.39, 0.29) is 5.91 Å². The van der Waals surface area contributed by atoms with Gasteiger partial charge in [0.05, 0.1) is 26.8 Å². The van der Waals surface area contributed by atoms with Crippen LogP contribution in [0.3, 0.4) is 0 Å². The van der Waals surface area contributed by atoms with Gasteiger partial charge in [0, 0.05) is 50.9 Å². The molecule has 0 bridgehead atoms. The van der Waals surface area contributed by atoms with Crippen LogP contribution in [-0.2, 0) is 0 Å². The quantitative estimate of drug-likeness (QED) is 0.567.